The van der Waals surface area contributed by atoms with Crippen molar-refractivity contribution in [2.24, 2.45) is 0 Å². The summed E-state index contributed by atoms with van der Waals surface area (Å²) in [6.07, 6.45) is 3.07. The van der Waals surface area contributed by atoms with Crippen molar-refractivity contribution in [3.63, 3.8) is 0 Å². The lowest BCUT2D eigenvalue weighted by Gasteiger charge is -2.27. The van der Waals surface area contributed by atoms with Gasteiger partial charge in [-0.05, 0) is 49.9 Å². The number of rotatable bonds is 5. The van der Waals surface area contributed by atoms with Crippen molar-refractivity contribution in [1.29, 1.82) is 0 Å². The van der Waals surface area contributed by atoms with Gasteiger partial charge in [0.05, 0.1) is 6.26 Å². The Labute approximate surface area is 120 Å². The number of hydrogen-bond donors (Lipinski definition) is 3. The molecule has 1 aliphatic rings. The summed E-state index contributed by atoms with van der Waals surface area (Å²) in [4.78, 5) is 0. The monoisotopic (exact) mass is 298 g/mol. The van der Waals surface area contributed by atoms with Crippen molar-refractivity contribution in [1.82, 2.24) is 10.0 Å². The van der Waals surface area contributed by atoms with Crippen LogP contribution in [0.4, 0.5) is 0 Å². The quantitative estimate of drug-likeness (QED) is 0.765. The predicted octanol–water partition coefficient (Wildman–Crippen LogP) is 1.30. The molecule has 1 unspecified atom stereocenters. The van der Waals surface area contributed by atoms with Gasteiger partial charge in [0.2, 0.25) is 10.0 Å². The standard InChI is InChI=1S/C14H22N2O3S/c1-14(2,16-20(3,18)19)9-15-13-7-4-10-8-11(17)5-6-12(10)13/h5-6,8,13,15-17H,4,7,9H2,1-3H3. The predicted molar refractivity (Wildman–Crippen MR) is 79.2 cm³/mol. The summed E-state index contributed by atoms with van der Waals surface area (Å²) in [7, 11) is -3.22. The molecule has 6 heteroatoms. The summed E-state index contributed by atoms with van der Waals surface area (Å²) in [5.74, 6) is 0.295. The molecule has 5 nitrogen and oxygen atoms in total. The Balaban J connectivity index is 2.00. The van der Waals surface area contributed by atoms with Crippen LogP contribution in [0.5, 0.6) is 5.75 Å². The van der Waals surface area contributed by atoms with E-state index in [1.165, 1.54) is 11.8 Å². The van der Waals surface area contributed by atoms with E-state index in [9.17, 15) is 13.5 Å². The molecule has 2 rings (SSSR count). The molecule has 0 amide bonds. The van der Waals surface area contributed by atoms with Gasteiger partial charge in [-0.3, -0.25) is 0 Å². The van der Waals surface area contributed by atoms with Gasteiger partial charge in [-0.15, -0.1) is 0 Å². The van der Waals surface area contributed by atoms with Crippen molar-refractivity contribution in [2.45, 2.75) is 38.3 Å². The molecular weight excluding hydrogens is 276 g/mol. The van der Waals surface area contributed by atoms with Gasteiger partial charge in [0.25, 0.3) is 0 Å². The fourth-order valence-electron chi connectivity index (χ4n) is 2.73. The first-order valence-corrected chi connectivity index (χ1v) is 8.60. The maximum absolute atomic E-state index is 11.3. The van der Waals surface area contributed by atoms with Crippen LogP contribution in [0.2, 0.25) is 0 Å². The number of phenols is 1. The van der Waals surface area contributed by atoms with E-state index in [2.05, 4.69) is 10.0 Å². The van der Waals surface area contributed by atoms with Gasteiger partial charge in [0.15, 0.2) is 0 Å². The molecule has 0 bridgehead atoms. The third-order valence-corrected chi connectivity index (χ3v) is 4.38. The van der Waals surface area contributed by atoms with Crippen molar-refractivity contribution in [3.8, 4) is 5.75 Å². The maximum Gasteiger partial charge on any atom is 0.209 e. The molecule has 0 radical (unpaired) electrons. The zero-order valence-electron chi connectivity index (χ0n) is 12.1. The molecule has 0 aliphatic heterocycles. The summed E-state index contributed by atoms with van der Waals surface area (Å²) in [6.45, 7) is 4.26. The van der Waals surface area contributed by atoms with Crippen LogP contribution >= 0.6 is 0 Å². The van der Waals surface area contributed by atoms with Crippen molar-refractivity contribution in [3.05, 3.63) is 29.3 Å². The van der Waals surface area contributed by atoms with E-state index in [1.54, 1.807) is 12.1 Å². The Bertz CT molecular complexity index is 596. The van der Waals surface area contributed by atoms with Crippen LogP contribution in [0, 0.1) is 0 Å². The first-order chi connectivity index (χ1) is 9.16. The van der Waals surface area contributed by atoms with Crippen LogP contribution in [-0.4, -0.2) is 31.9 Å². The number of nitrogens with one attached hydrogen (secondary N) is 2. The Kier molecular flexibility index (Phi) is 4.09. The van der Waals surface area contributed by atoms with E-state index in [0.717, 1.165) is 18.4 Å². The highest BCUT2D eigenvalue weighted by Crippen LogP contribution is 2.33. The van der Waals surface area contributed by atoms with Crippen LogP contribution in [0.15, 0.2) is 18.2 Å². The minimum atomic E-state index is -3.22. The van der Waals surface area contributed by atoms with Crippen LogP contribution in [-0.2, 0) is 16.4 Å². The highest BCUT2D eigenvalue weighted by Gasteiger charge is 2.27. The molecular formula is C14H22N2O3S. The number of fused-ring (bicyclic) bond motifs is 1. The number of benzene rings is 1. The summed E-state index contributed by atoms with van der Waals surface area (Å²) < 4.78 is 25.2. The van der Waals surface area contributed by atoms with Crippen molar-refractivity contribution in [2.75, 3.05) is 12.8 Å². The summed E-state index contributed by atoms with van der Waals surface area (Å²) in [5.41, 5.74) is 1.82. The van der Waals surface area contributed by atoms with E-state index in [0.29, 0.717) is 12.3 Å². The molecule has 1 aliphatic carbocycles. The van der Waals surface area contributed by atoms with Gasteiger partial charge in [-0.1, -0.05) is 6.07 Å². The second kappa shape index (κ2) is 5.35. The van der Waals surface area contributed by atoms with E-state index < -0.39 is 15.6 Å². The fraction of sp³-hybridized carbons (Fsp3) is 0.571. The van der Waals surface area contributed by atoms with Gasteiger partial charge >= 0.3 is 0 Å². The lowest BCUT2D eigenvalue weighted by atomic mass is 10.0. The number of phenolic OH excluding ortho intramolecular Hbond substituents is 1. The van der Waals surface area contributed by atoms with Gasteiger partial charge in [-0.25, -0.2) is 13.1 Å². The SMILES string of the molecule is CC(C)(CNC1CCc2cc(O)ccc21)NS(C)(=O)=O. The highest BCUT2D eigenvalue weighted by molar-refractivity contribution is 7.88. The van der Waals surface area contributed by atoms with E-state index in [1.807, 2.05) is 19.9 Å². The number of sulfonamides is 1. The van der Waals surface area contributed by atoms with Gasteiger partial charge in [-0.2, -0.15) is 0 Å². The minimum Gasteiger partial charge on any atom is -0.508 e. The molecule has 0 saturated heterocycles. The summed E-state index contributed by atoms with van der Waals surface area (Å²) >= 11 is 0. The third-order valence-electron chi connectivity index (χ3n) is 3.46. The molecule has 0 heterocycles. The second-order valence-electron chi connectivity index (χ2n) is 6.11. The summed E-state index contributed by atoms with van der Waals surface area (Å²) in [5, 5.41) is 12.9. The average molecular weight is 298 g/mol. The molecule has 0 spiro atoms. The van der Waals surface area contributed by atoms with E-state index >= 15 is 0 Å². The maximum atomic E-state index is 11.3. The molecule has 112 valence electrons. The van der Waals surface area contributed by atoms with Gasteiger partial charge in [0, 0.05) is 18.1 Å². The Morgan fingerprint density at radius 2 is 2.10 bits per heavy atom. The minimum absolute atomic E-state index is 0.214. The van der Waals surface area contributed by atoms with Gasteiger partial charge < -0.3 is 10.4 Å². The molecule has 0 saturated carbocycles. The lowest BCUT2D eigenvalue weighted by molar-refractivity contribution is 0.389. The van der Waals surface area contributed by atoms with Gasteiger partial charge in [0.1, 0.15) is 5.75 Å². The molecule has 1 aromatic carbocycles. The molecule has 20 heavy (non-hydrogen) atoms. The van der Waals surface area contributed by atoms with E-state index in [-0.39, 0.29) is 6.04 Å². The first kappa shape index (κ1) is 15.3. The smallest absolute Gasteiger partial charge is 0.209 e. The number of aryl methyl sites for hydroxylation is 1. The zero-order chi connectivity index (χ0) is 15.0. The van der Waals surface area contributed by atoms with Crippen LogP contribution in [0.3, 0.4) is 0 Å². The van der Waals surface area contributed by atoms with Crippen LogP contribution < -0.4 is 10.0 Å². The highest BCUT2D eigenvalue weighted by atomic mass is 32.2. The van der Waals surface area contributed by atoms with Crippen molar-refractivity contribution >= 4 is 10.0 Å². The molecule has 3 N–H and O–H groups in total. The topological polar surface area (TPSA) is 78.4 Å². The third kappa shape index (κ3) is 3.94. The van der Waals surface area contributed by atoms with Crippen molar-refractivity contribution < 1.29 is 13.5 Å². The fourth-order valence-corrected chi connectivity index (χ4v) is 3.81. The Hall–Kier alpha value is -1.11. The Morgan fingerprint density at radius 3 is 2.75 bits per heavy atom. The number of hydrogen-bond acceptors (Lipinski definition) is 4. The van der Waals surface area contributed by atoms with Crippen LogP contribution in [0.1, 0.15) is 37.4 Å². The zero-order valence-corrected chi connectivity index (χ0v) is 12.9. The normalized spacial score (nSPS) is 19.1. The molecule has 1 atom stereocenters. The second-order valence-corrected chi connectivity index (χ2v) is 7.86. The lowest BCUT2D eigenvalue weighted by Crippen LogP contribution is -2.50. The average Bonchev–Trinajstić information content (AvgIpc) is 2.65. The Morgan fingerprint density at radius 1 is 1.40 bits per heavy atom. The molecule has 1 aromatic rings. The largest absolute Gasteiger partial charge is 0.508 e. The molecule has 0 fully saturated rings. The first-order valence-electron chi connectivity index (χ1n) is 6.70. The van der Waals surface area contributed by atoms with E-state index in [4.69, 9.17) is 0 Å². The van der Waals surface area contributed by atoms with Crippen LogP contribution in [0.25, 0.3) is 0 Å². The number of aromatic hydroxyl groups is 1. The molecule has 0 aromatic heterocycles. The summed E-state index contributed by atoms with van der Waals surface area (Å²) in [6, 6.07) is 5.65.